The molecule has 0 bridgehead atoms. The molecule has 3 unspecified atom stereocenters. The van der Waals surface area contributed by atoms with Gasteiger partial charge in [-0.2, -0.15) is 13.2 Å². The van der Waals surface area contributed by atoms with E-state index in [-0.39, 0.29) is 48.4 Å². The number of pyridine rings is 1. The lowest BCUT2D eigenvalue weighted by Crippen LogP contribution is -2.41. The molecule has 0 saturated carbocycles. The average molecular weight is 829 g/mol. The van der Waals surface area contributed by atoms with Gasteiger partial charge in [-0.15, -0.1) is 0 Å². The number of aromatic nitrogens is 1. The van der Waals surface area contributed by atoms with Crippen LogP contribution in [0, 0.1) is 5.92 Å². The third-order valence-corrected chi connectivity index (χ3v) is 11.6. The molecule has 0 aliphatic carbocycles. The molecular formula is C40H43F3N4O10S. The first-order chi connectivity index (χ1) is 27.3. The first-order valence-electron chi connectivity index (χ1n) is 18.2. The normalized spacial score (nSPS) is 16.3. The van der Waals surface area contributed by atoms with Gasteiger partial charge in [-0.3, -0.25) is 9.59 Å². The lowest BCUT2D eigenvalue weighted by molar-refractivity contribution is -0.203. The van der Waals surface area contributed by atoms with Crippen LogP contribution in [0.4, 0.5) is 24.7 Å². The van der Waals surface area contributed by atoms with Crippen molar-refractivity contribution in [1.29, 1.82) is 0 Å². The maximum atomic E-state index is 15.2. The maximum absolute atomic E-state index is 15.2. The summed E-state index contributed by atoms with van der Waals surface area (Å²) in [5, 5.41) is 3.45. The Hall–Kier alpha value is -5.91. The number of alkyl halides is 3. The van der Waals surface area contributed by atoms with Crippen molar-refractivity contribution >= 4 is 55.9 Å². The summed E-state index contributed by atoms with van der Waals surface area (Å²) in [7, 11) is -3.18. The fraction of sp³-hybridized carbons (Fsp3) is 0.375. The van der Waals surface area contributed by atoms with Gasteiger partial charge in [-0.25, -0.2) is 23.0 Å². The van der Waals surface area contributed by atoms with Gasteiger partial charge in [0.15, 0.2) is 21.3 Å². The number of rotatable bonds is 13. The number of ether oxygens (including phenoxy) is 4. The van der Waals surface area contributed by atoms with Crippen LogP contribution in [0.3, 0.4) is 0 Å². The van der Waals surface area contributed by atoms with Gasteiger partial charge in [0.25, 0.3) is 0 Å². The van der Waals surface area contributed by atoms with Crippen LogP contribution in [0.1, 0.15) is 74.6 Å². The van der Waals surface area contributed by atoms with Crippen LogP contribution < -0.4 is 20.5 Å². The number of nitrogens with two attached hydrogens (primary N) is 1. The number of carbonyl (C=O) groups is 4. The van der Waals surface area contributed by atoms with Crippen molar-refractivity contribution in [3.05, 3.63) is 83.6 Å². The van der Waals surface area contributed by atoms with Gasteiger partial charge in [0.1, 0.15) is 11.9 Å². The van der Waals surface area contributed by atoms with Gasteiger partial charge < -0.3 is 34.9 Å². The minimum Gasteiger partial charge on any atom is -0.490 e. The topological polar surface area (TPSA) is 194 Å². The summed E-state index contributed by atoms with van der Waals surface area (Å²) in [6.45, 7) is 8.06. The Morgan fingerprint density at radius 3 is 2.34 bits per heavy atom. The highest BCUT2D eigenvalue weighted by Crippen LogP contribution is 2.44. The van der Waals surface area contributed by atoms with Crippen molar-refractivity contribution in [2.45, 2.75) is 75.5 Å². The number of benzene rings is 3. The Morgan fingerprint density at radius 2 is 1.71 bits per heavy atom. The number of amides is 1. The summed E-state index contributed by atoms with van der Waals surface area (Å²) in [5.74, 6) is -6.91. The van der Waals surface area contributed by atoms with Gasteiger partial charge in [0.05, 0.1) is 47.5 Å². The smallest absolute Gasteiger partial charge is 0.490 e. The third kappa shape index (κ3) is 9.11. The second-order valence-electron chi connectivity index (χ2n) is 13.9. The minimum absolute atomic E-state index is 0.181. The lowest BCUT2D eigenvalue weighted by atomic mass is 9.91. The van der Waals surface area contributed by atoms with Gasteiger partial charge in [0, 0.05) is 23.8 Å². The van der Waals surface area contributed by atoms with E-state index in [0.29, 0.717) is 27.8 Å². The number of carbonyl (C=O) groups excluding carboxylic acids is 4. The molecule has 1 saturated heterocycles. The molecule has 0 radical (unpaired) electrons. The summed E-state index contributed by atoms with van der Waals surface area (Å²) in [4.78, 5) is 58.3. The van der Waals surface area contributed by atoms with Gasteiger partial charge in [-0.05, 0) is 112 Å². The van der Waals surface area contributed by atoms with E-state index >= 15 is 4.79 Å². The summed E-state index contributed by atoms with van der Waals surface area (Å²) in [6.07, 6.45) is -4.64. The molecule has 1 aliphatic rings. The highest BCUT2D eigenvalue weighted by Gasteiger charge is 2.50. The van der Waals surface area contributed by atoms with Crippen LogP contribution in [0.25, 0.3) is 10.8 Å². The molecule has 1 fully saturated rings. The third-order valence-electron chi connectivity index (χ3n) is 9.40. The number of nitrogen functional groups attached to an aromatic ring is 1. The van der Waals surface area contributed by atoms with Gasteiger partial charge >= 0.3 is 24.1 Å². The molecule has 14 nitrogen and oxygen atoms in total. The summed E-state index contributed by atoms with van der Waals surface area (Å²) < 4.78 is 88.8. The molecule has 3 N–H and O–H groups in total. The Kier molecular flexibility index (Phi) is 12.9. The zero-order valence-corrected chi connectivity index (χ0v) is 33.3. The van der Waals surface area contributed by atoms with Crippen molar-refractivity contribution in [1.82, 2.24) is 9.88 Å². The van der Waals surface area contributed by atoms with E-state index in [0.717, 1.165) is 24.1 Å². The van der Waals surface area contributed by atoms with E-state index in [9.17, 15) is 36.0 Å². The van der Waals surface area contributed by atoms with Crippen LogP contribution >= 0.6 is 0 Å². The number of nitrogens with one attached hydrogen (secondary N) is 1. The minimum atomic E-state index is -5.55. The first-order valence-corrected chi connectivity index (χ1v) is 19.8. The van der Waals surface area contributed by atoms with Gasteiger partial charge in [0.2, 0.25) is 5.91 Å². The average Bonchev–Trinajstić information content (AvgIpc) is 3.62. The van der Waals surface area contributed by atoms with Crippen molar-refractivity contribution in [2.75, 3.05) is 31.3 Å². The fourth-order valence-electron chi connectivity index (χ4n) is 6.67. The van der Waals surface area contributed by atoms with E-state index < -0.39 is 68.0 Å². The fourth-order valence-corrected chi connectivity index (χ4v) is 7.94. The number of fused-ring (bicyclic) bond motifs is 1. The van der Waals surface area contributed by atoms with E-state index in [1.807, 2.05) is 13.8 Å². The SMILES string of the molecule is CCOc1cc(C(Nc2ccc3c(N)nccc3c2)C(=O)N2CCC(C(=O)OC(=O)C(F)(F)F)C2c2cc(C(=O)OC)ccc2S(=O)(=O)C(C)C)ccc1OC(C)C. The van der Waals surface area contributed by atoms with E-state index in [1.165, 1.54) is 26.1 Å². The van der Waals surface area contributed by atoms with Crippen LogP contribution in [0.15, 0.2) is 71.8 Å². The standard InChI is InChI=1S/C40H43F3N4O10S/c1-7-55-31-20-24(8-12-30(31)56-21(2)3)33(46-26-10-11-27-23(18-26)14-16-45-35(27)44)36(48)47-17-15-28(38(50)57-39(51)40(41,42)43)34(47)29-19-25(37(49)54-6)9-13-32(29)58(52,53)22(4)5/h8-14,16,18-22,28,33-34,46H,7,15,17H2,1-6H3,(H2,44,45). The summed E-state index contributed by atoms with van der Waals surface area (Å²) in [5.41, 5.74) is 6.35. The zero-order chi connectivity index (χ0) is 42.7. The van der Waals surface area contributed by atoms with E-state index in [1.54, 1.807) is 49.4 Å². The van der Waals surface area contributed by atoms with E-state index in [2.05, 4.69) is 15.0 Å². The molecule has 1 aromatic heterocycles. The quantitative estimate of drug-likeness (QED) is 0.112. The Balaban J connectivity index is 1.73. The van der Waals surface area contributed by atoms with Gasteiger partial charge in [-0.1, -0.05) is 6.07 Å². The second kappa shape index (κ2) is 17.3. The number of likely N-dealkylation sites (tertiary alicyclic amines) is 1. The van der Waals surface area contributed by atoms with E-state index in [4.69, 9.17) is 19.9 Å². The van der Waals surface area contributed by atoms with Crippen LogP contribution in [0.5, 0.6) is 11.5 Å². The number of hydrogen-bond acceptors (Lipinski definition) is 13. The summed E-state index contributed by atoms with van der Waals surface area (Å²) >= 11 is 0. The van der Waals surface area contributed by atoms with Crippen LogP contribution in [-0.4, -0.2) is 79.9 Å². The molecule has 310 valence electrons. The maximum Gasteiger partial charge on any atom is 0.491 e. The van der Waals surface area contributed by atoms with Crippen LogP contribution in [0.2, 0.25) is 0 Å². The van der Waals surface area contributed by atoms with Crippen LogP contribution in [-0.2, 0) is 33.7 Å². The second-order valence-corrected chi connectivity index (χ2v) is 16.4. The molecule has 58 heavy (non-hydrogen) atoms. The van der Waals surface area contributed by atoms with Crippen molar-refractivity contribution < 1.29 is 59.7 Å². The Labute approximate surface area is 332 Å². The lowest BCUT2D eigenvalue weighted by Gasteiger charge is -2.33. The number of sulfone groups is 1. The number of nitrogens with zero attached hydrogens (tertiary/aromatic N) is 2. The molecule has 0 spiro atoms. The largest absolute Gasteiger partial charge is 0.491 e. The molecule has 5 rings (SSSR count). The number of methoxy groups -OCH3 is 1. The predicted octanol–water partition coefficient (Wildman–Crippen LogP) is 6.35. The molecule has 3 atom stereocenters. The molecule has 1 amide bonds. The molecule has 4 aromatic rings. The number of esters is 3. The van der Waals surface area contributed by atoms with Crippen molar-refractivity contribution in [3.63, 3.8) is 0 Å². The Bertz CT molecular complexity index is 2340. The molecular weight excluding hydrogens is 786 g/mol. The summed E-state index contributed by atoms with van der Waals surface area (Å²) in [6, 6.07) is 11.9. The van der Waals surface area contributed by atoms with Crippen molar-refractivity contribution in [3.8, 4) is 11.5 Å². The highest BCUT2D eigenvalue weighted by atomic mass is 32.2. The molecule has 18 heteroatoms. The number of hydrogen-bond donors (Lipinski definition) is 2. The predicted molar refractivity (Wildman–Crippen MR) is 206 cm³/mol. The molecule has 2 heterocycles. The first kappa shape index (κ1) is 43.2. The number of halogens is 3. The zero-order valence-electron chi connectivity index (χ0n) is 32.5. The monoisotopic (exact) mass is 828 g/mol. The molecule has 1 aliphatic heterocycles. The number of anilines is 2. The Morgan fingerprint density at radius 1 is 0.983 bits per heavy atom. The highest BCUT2D eigenvalue weighted by molar-refractivity contribution is 7.92. The van der Waals surface area contributed by atoms with Crippen molar-refractivity contribution in [2.24, 2.45) is 5.92 Å². The molecule has 3 aromatic carbocycles.